The Morgan fingerprint density at radius 3 is 1.96 bits per heavy atom. The van der Waals surface area contributed by atoms with Crippen LogP contribution < -0.4 is 4.90 Å². The van der Waals surface area contributed by atoms with E-state index < -0.39 is 0 Å². The molecule has 11 rings (SSSR count). The number of hydrogen-bond donors (Lipinski definition) is 0. The molecule has 0 saturated heterocycles. The Labute approximate surface area is 320 Å². The lowest BCUT2D eigenvalue weighted by atomic mass is 9.82. The van der Waals surface area contributed by atoms with E-state index >= 15 is 0 Å². The first-order chi connectivity index (χ1) is 27.0. The summed E-state index contributed by atoms with van der Waals surface area (Å²) in [5.41, 5.74) is 14.9. The zero-order valence-corrected chi connectivity index (χ0v) is 30.8. The van der Waals surface area contributed by atoms with E-state index in [-0.39, 0.29) is 5.41 Å². The summed E-state index contributed by atoms with van der Waals surface area (Å²) in [5, 5.41) is 7.09. The van der Waals surface area contributed by atoms with Crippen molar-refractivity contribution in [3.05, 3.63) is 199 Å². The molecular formula is C53H37NO. The molecule has 1 aliphatic rings. The number of furan rings is 1. The minimum absolute atomic E-state index is 0.159. The molecule has 0 bridgehead atoms. The number of anilines is 3. The lowest BCUT2D eigenvalue weighted by molar-refractivity contribution is 0.660. The third-order valence-electron chi connectivity index (χ3n) is 11.8. The van der Waals surface area contributed by atoms with Crippen molar-refractivity contribution >= 4 is 60.5 Å². The SMILES string of the molecule is CC1(C)c2ccccc2-c2ccc(N(c3cccc(-c4cccc5ccccc45)c3-c3ccc4ccccc4c3)c3cccc4oc5ccccc5c34)cc21. The summed E-state index contributed by atoms with van der Waals surface area (Å²) >= 11 is 0. The molecule has 0 atom stereocenters. The van der Waals surface area contributed by atoms with Crippen LogP contribution in [0.3, 0.4) is 0 Å². The Kier molecular flexibility index (Phi) is 6.93. The summed E-state index contributed by atoms with van der Waals surface area (Å²) in [4.78, 5) is 2.49. The second kappa shape index (κ2) is 12.1. The van der Waals surface area contributed by atoms with E-state index in [1.807, 2.05) is 6.07 Å². The largest absolute Gasteiger partial charge is 0.456 e. The first-order valence-corrected chi connectivity index (χ1v) is 19.1. The van der Waals surface area contributed by atoms with Crippen LogP contribution in [0.5, 0.6) is 0 Å². The molecule has 0 N–H and O–H groups in total. The van der Waals surface area contributed by atoms with Crippen LogP contribution in [-0.2, 0) is 5.41 Å². The molecule has 9 aromatic carbocycles. The highest BCUT2D eigenvalue weighted by molar-refractivity contribution is 6.15. The Balaban J connectivity index is 1.26. The van der Waals surface area contributed by atoms with Crippen LogP contribution in [0.25, 0.3) is 76.9 Å². The third kappa shape index (κ3) is 4.81. The maximum Gasteiger partial charge on any atom is 0.137 e. The summed E-state index contributed by atoms with van der Waals surface area (Å²) in [7, 11) is 0. The average molecular weight is 704 g/mol. The van der Waals surface area contributed by atoms with Crippen molar-refractivity contribution in [1.82, 2.24) is 0 Å². The van der Waals surface area contributed by atoms with E-state index in [1.54, 1.807) is 0 Å². The minimum atomic E-state index is -0.159. The van der Waals surface area contributed by atoms with E-state index in [0.29, 0.717) is 0 Å². The fourth-order valence-corrected chi connectivity index (χ4v) is 9.24. The van der Waals surface area contributed by atoms with Crippen molar-refractivity contribution < 1.29 is 4.42 Å². The van der Waals surface area contributed by atoms with E-state index in [2.05, 4.69) is 201 Å². The molecular weight excluding hydrogens is 667 g/mol. The zero-order valence-electron chi connectivity index (χ0n) is 30.8. The summed E-state index contributed by atoms with van der Waals surface area (Å²) in [5.74, 6) is 0. The van der Waals surface area contributed by atoms with Gasteiger partial charge in [-0.05, 0) is 103 Å². The van der Waals surface area contributed by atoms with Gasteiger partial charge in [0.25, 0.3) is 0 Å². The molecule has 0 unspecified atom stereocenters. The topological polar surface area (TPSA) is 16.4 Å². The van der Waals surface area contributed by atoms with Gasteiger partial charge in [-0.15, -0.1) is 0 Å². The van der Waals surface area contributed by atoms with Gasteiger partial charge in [-0.25, -0.2) is 0 Å². The van der Waals surface area contributed by atoms with Gasteiger partial charge >= 0.3 is 0 Å². The molecule has 0 fully saturated rings. The minimum Gasteiger partial charge on any atom is -0.456 e. The second-order valence-electron chi connectivity index (χ2n) is 15.3. The highest BCUT2D eigenvalue weighted by Crippen LogP contribution is 2.53. The lowest BCUT2D eigenvalue weighted by Gasteiger charge is -2.31. The highest BCUT2D eigenvalue weighted by atomic mass is 16.3. The van der Waals surface area contributed by atoms with E-state index in [4.69, 9.17) is 4.42 Å². The summed E-state index contributed by atoms with van der Waals surface area (Å²) in [6, 6.07) is 68.6. The predicted molar refractivity (Wildman–Crippen MR) is 232 cm³/mol. The Morgan fingerprint density at radius 1 is 0.418 bits per heavy atom. The Hall–Kier alpha value is -6.90. The Morgan fingerprint density at radius 2 is 1.05 bits per heavy atom. The van der Waals surface area contributed by atoms with E-state index in [0.717, 1.165) is 39.0 Å². The molecule has 0 spiro atoms. The maximum absolute atomic E-state index is 6.54. The van der Waals surface area contributed by atoms with Gasteiger partial charge in [-0.2, -0.15) is 0 Å². The molecule has 2 heteroatoms. The monoisotopic (exact) mass is 703 g/mol. The molecule has 55 heavy (non-hydrogen) atoms. The van der Waals surface area contributed by atoms with Gasteiger partial charge in [0.1, 0.15) is 11.2 Å². The third-order valence-corrected chi connectivity index (χ3v) is 11.8. The van der Waals surface area contributed by atoms with Crippen LogP contribution in [0.2, 0.25) is 0 Å². The lowest BCUT2D eigenvalue weighted by Crippen LogP contribution is -2.17. The molecule has 260 valence electrons. The highest BCUT2D eigenvalue weighted by Gasteiger charge is 2.36. The normalized spacial score (nSPS) is 13.1. The number of hydrogen-bond acceptors (Lipinski definition) is 2. The molecule has 10 aromatic rings. The quantitative estimate of drug-likeness (QED) is 0.177. The number of fused-ring (bicyclic) bond motifs is 8. The standard InChI is InChI=1S/C53H37NO/c1-53(2)45-23-9-7-19-41(45)42-31-30-38(33-46(42)53)54(48-25-13-27-50-52(48)44-20-8-10-26-49(44)55-50)47-24-12-22-43(40-21-11-17-35-15-5-6-18-39(35)40)51(47)37-29-28-34-14-3-4-16-36(34)32-37/h3-33H,1-2H3. The molecule has 1 heterocycles. The van der Waals surface area contributed by atoms with Gasteiger partial charge < -0.3 is 9.32 Å². The molecule has 0 saturated carbocycles. The molecule has 1 aromatic heterocycles. The number of rotatable bonds is 5. The van der Waals surface area contributed by atoms with Crippen LogP contribution in [0, 0.1) is 0 Å². The predicted octanol–water partition coefficient (Wildman–Crippen LogP) is 15.0. The molecule has 2 nitrogen and oxygen atoms in total. The summed E-state index contributed by atoms with van der Waals surface area (Å²) in [6.45, 7) is 4.72. The summed E-state index contributed by atoms with van der Waals surface area (Å²) in [6.07, 6.45) is 0. The van der Waals surface area contributed by atoms with Crippen LogP contribution in [0.4, 0.5) is 17.1 Å². The van der Waals surface area contributed by atoms with Crippen molar-refractivity contribution in [3.63, 3.8) is 0 Å². The molecule has 0 radical (unpaired) electrons. The fourth-order valence-electron chi connectivity index (χ4n) is 9.24. The van der Waals surface area contributed by atoms with Crippen LogP contribution >= 0.6 is 0 Å². The van der Waals surface area contributed by atoms with Gasteiger partial charge in [-0.3, -0.25) is 0 Å². The van der Waals surface area contributed by atoms with Crippen LogP contribution in [0.1, 0.15) is 25.0 Å². The molecule has 0 amide bonds. The fraction of sp³-hybridized carbons (Fsp3) is 0.0566. The molecule has 0 aliphatic heterocycles. The first-order valence-electron chi connectivity index (χ1n) is 19.1. The van der Waals surface area contributed by atoms with Crippen molar-refractivity contribution in [2.45, 2.75) is 19.3 Å². The number of benzene rings is 9. The van der Waals surface area contributed by atoms with Crippen molar-refractivity contribution in [1.29, 1.82) is 0 Å². The second-order valence-corrected chi connectivity index (χ2v) is 15.3. The average Bonchev–Trinajstić information content (AvgIpc) is 3.73. The van der Waals surface area contributed by atoms with Gasteiger partial charge in [0.05, 0.1) is 16.8 Å². The van der Waals surface area contributed by atoms with Crippen LogP contribution in [0.15, 0.2) is 192 Å². The first kappa shape index (κ1) is 31.6. The molecule has 1 aliphatic carbocycles. The van der Waals surface area contributed by atoms with Gasteiger partial charge in [-0.1, -0.05) is 159 Å². The van der Waals surface area contributed by atoms with Gasteiger partial charge in [0.2, 0.25) is 0 Å². The van der Waals surface area contributed by atoms with E-state index in [1.165, 1.54) is 66.1 Å². The van der Waals surface area contributed by atoms with Crippen molar-refractivity contribution in [2.75, 3.05) is 4.90 Å². The van der Waals surface area contributed by atoms with Gasteiger partial charge in [0, 0.05) is 22.1 Å². The summed E-state index contributed by atoms with van der Waals surface area (Å²) < 4.78 is 6.54. The van der Waals surface area contributed by atoms with Gasteiger partial charge in [0.15, 0.2) is 0 Å². The van der Waals surface area contributed by atoms with Crippen molar-refractivity contribution in [2.24, 2.45) is 0 Å². The van der Waals surface area contributed by atoms with E-state index in [9.17, 15) is 0 Å². The number of nitrogens with zero attached hydrogens (tertiary/aromatic N) is 1. The Bertz CT molecular complexity index is 3140. The smallest absolute Gasteiger partial charge is 0.137 e. The van der Waals surface area contributed by atoms with Crippen molar-refractivity contribution in [3.8, 4) is 33.4 Å². The number of para-hydroxylation sites is 1. The maximum atomic E-state index is 6.54. The van der Waals surface area contributed by atoms with Crippen LogP contribution in [-0.4, -0.2) is 0 Å². The zero-order chi connectivity index (χ0) is 36.7.